The number of methoxy groups -OCH3 is 1. The lowest BCUT2D eigenvalue weighted by atomic mass is 9.85. The number of anilines is 1. The van der Waals surface area contributed by atoms with E-state index in [1.54, 1.807) is 24.4 Å². The third-order valence-electron chi connectivity index (χ3n) is 5.94. The minimum atomic E-state index is -0.596. The third-order valence-corrected chi connectivity index (χ3v) is 5.94. The number of aromatic nitrogens is 2. The molecule has 2 aromatic carbocycles. The van der Waals surface area contributed by atoms with Gasteiger partial charge in [-0.1, -0.05) is 45.0 Å². The Hall–Kier alpha value is -3.39. The summed E-state index contributed by atoms with van der Waals surface area (Å²) >= 11 is 0. The van der Waals surface area contributed by atoms with Gasteiger partial charge < -0.3 is 20.1 Å². The van der Waals surface area contributed by atoms with Crippen LogP contribution in [0.2, 0.25) is 0 Å². The summed E-state index contributed by atoms with van der Waals surface area (Å²) in [6.45, 7) is 7.05. The van der Waals surface area contributed by atoms with E-state index in [2.05, 4.69) is 54.7 Å². The molecule has 4 rings (SSSR count). The zero-order valence-electron chi connectivity index (χ0n) is 19.5. The van der Waals surface area contributed by atoms with Crippen LogP contribution < -0.4 is 10.6 Å². The summed E-state index contributed by atoms with van der Waals surface area (Å²) in [5, 5.41) is 10.8. The van der Waals surface area contributed by atoms with Crippen LogP contribution >= 0.6 is 0 Å². The molecule has 8 heteroatoms. The van der Waals surface area contributed by atoms with Gasteiger partial charge in [-0.3, -0.25) is 0 Å². The summed E-state index contributed by atoms with van der Waals surface area (Å²) in [4.78, 5) is 25.1. The number of urea groups is 1. The van der Waals surface area contributed by atoms with Gasteiger partial charge in [0.15, 0.2) is 0 Å². The Bertz CT molecular complexity index is 1180. The van der Waals surface area contributed by atoms with Crippen molar-refractivity contribution in [3.8, 4) is 0 Å². The molecule has 0 bridgehead atoms. The first-order valence-corrected chi connectivity index (χ1v) is 11.1. The second kappa shape index (κ2) is 9.23. The average Bonchev–Trinajstić information content (AvgIpc) is 3.38. The molecule has 0 saturated carbocycles. The highest BCUT2D eigenvalue weighted by Crippen LogP contribution is 2.34. The number of amides is 2. The molecular formula is C25H30N4O4. The SMILES string of the molecule is COCCOC(=O)n1ncc2c(NC(=O)N[C@@H]3CCc4cc(C(C)(C)C)ccc43)cccc21. The Morgan fingerprint density at radius 1 is 1.18 bits per heavy atom. The number of fused-ring (bicyclic) bond motifs is 2. The molecule has 8 nitrogen and oxygen atoms in total. The van der Waals surface area contributed by atoms with Gasteiger partial charge in [0.25, 0.3) is 0 Å². The Balaban J connectivity index is 1.46. The van der Waals surface area contributed by atoms with E-state index in [0.717, 1.165) is 12.8 Å². The molecule has 0 aliphatic heterocycles. The van der Waals surface area contributed by atoms with Crippen molar-refractivity contribution in [1.29, 1.82) is 0 Å². The van der Waals surface area contributed by atoms with E-state index in [-0.39, 0.29) is 24.1 Å². The number of carbonyl (C=O) groups is 2. The number of nitrogens with zero attached hydrogens (tertiary/aromatic N) is 2. The first-order valence-electron chi connectivity index (χ1n) is 11.1. The molecule has 0 saturated heterocycles. The molecule has 1 atom stereocenters. The fourth-order valence-electron chi connectivity index (χ4n) is 4.13. The first kappa shape index (κ1) is 22.8. The number of nitrogens with one attached hydrogen (secondary N) is 2. The number of carbonyl (C=O) groups excluding carboxylic acids is 2. The van der Waals surface area contributed by atoms with Gasteiger partial charge in [-0.05, 0) is 47.1 Å². The number of ether oxygens (including phenoxy) is 2. The number of benzene rings is 2. The second-order valence-electron chi connectivity index (χ2n) is 9.26. The Morgan fingerprint density at radius 2 is 2.00 bits per heavy atom. The van der Waals surface area contributed by atoms with Crippen LogP contribution in [0.5, 0.6) is 0 Å². The molecule has 3 aromatic rings. The third kappa shape index (κ3) is 4.85. The van der Waals surface area contributed by atoms with Gasteiger partial charge >= 0.3 is 12.1 Å². The smallest absolute Gasteiger partial charge is 0.435 e. The predicted octanol–water partition coefficient (Wildman–Crippen LogP) is 4.77. The number of hydrogen-bond donors (Lipinski definition) is 2. The maximum atomic E-state index is 12.8. The zero-order chi connectivity index (χ0) is 23.6. The van der Waals surface area contributed by atoms with Crippen LogP contribution in [0.25, 0.3) is 10.9 Å². The van der Waals surface area contributed by atoms with Crippen LogP contribution in [0.4, 0.5) is 15.3 Å². The van der Waals surface area contributed by atoms with E-state index in [4.69, 9.17) is 9.47 Å². The normalized spacial score (nSPS) is 15.3. The minimum absolute atomic E-state index is 0.0355. The predicted molar refractivity (Wildman–Crippen MR) is 127 cm³/mol. The molecular weight excluding hydrogens is 420 g/mol. The van der Waals surface area contributed by atoms with Crippen LogP contribution in [-0.4, -0.2) is 42.2 Å². The lowest BCUT2D eigenvalue weighted by Crippen LogP contribution is -2.31. The van der Waals surface area contributed by atoms with Crippen molar-refractivity contribution in [2.45, 2.75) is 45.1 Å². The molecule has 0 spiro atoms. The maximum Gasteiger partial charge on any atom is 0.435 e. The quantitative estimate of drug-likeness (QED) is 0.546. The van der Waals surface area contributed by atoms with Gasteiger partial charge in [-0.15, -0.1) is 0 Å². The van der Waals surface area contributed by atoms with E-state index < -0.39 is 6.09 Å². The Morgan fingerprint density at radius 3 is 2.76 bits per heavy atom. The van der Waals surface area contributed by atoms with Crippen molar-refractivity contribution in [3.63, 3.8) is 0 Å². The van der Waals surface area contributed by atoms with Gasteiger partial charge in [0, 0.05) is 12.5 Å². The highest BCUT2D eigenvalue weighted by Gasteiger charge is 2.26. The summed E-state index contributed by atoms with van der Waals surface area (Å²) in [6, 6.07) is 11.5. The molecule has 2 amide bonds. The van der Waals surface area contributed by atoms with Gasteiger partial charge in [-0.2, -0.15) is 9.78 Å². The van der Waals surface area contributed by atoms with E-state index in [0.29, 0.717) is 23.2 Å². The Labute approximate surface area is 193 Å². The maximum absolute atomic E-state index is 12.8. The largest absolute Gasteiger partial charge is 0.445 e. The van der Waals surface area contributed by atoms with E-state index in [9.17, 15) is 9.59 Å². The van der Waals surface area contributed by atoms with Crippen LogP contribution in [0.1, 0.15) is 49.9 Å². The molecule has 2 N–H and O–H groups in total. The highest BCUT2D eigenvalue weighted by molar-refractivity contribution is 6.02. The average molecular weight is 451 g/mol. The number of aryl methyl sites for hydroxylation is 1. The van der Waals surface area contributed by atoms with Crippen molar-refractivity contribution in [3.05, 3.63) is 59.3 Å². The summed E-state index contributed by atoms with van der Waals surface area (Å²) in [5.74, 6) is 0. The fraction of sp³-hybridized carbons (Fsp3) is 0.400. The second-order valence-corrected chi connectivity index (χ2v) is 9.26. The van der Waals surface area contributed by atoms with Crippen molar-refractivity contribution >= 4 is 28.7 Å². The molecule has 0 radical (unpaired) electrons. The van der Waals surface area contributed by atoms with Crippen LogP contribution in [0, 0.1) is 0 Å². The van der Waals surface area contributed by atoms with Crippen LogP contribution in [0.15, 0.2) is 42.6 Å². The zero-order valence-corrected chi connectivity index (χ0v) is 19.5. The lowest BCUT2D eigenvalue weighted by Gasteiger charge is -2.21. The van der Waals surface area contributed by atoms with Gasteiger partial charge in [-0.25, -0.2) is 9.59 Å². The molecule has 1 aliphatic carbocycles. The molecule has 33 heavy (non-hydrogen) atoms. The van der Waals surface area contributed by atoms with Crippen molar-refractivity contribution in [2.75, 3.05) is 25.6 Å². The molecule has 1 aromatic heterocycles. The van der Waals surface area contributed by atoms with Crippen molar-refractivity contribution in [2.24, 2.45) is 0 Å². The number of rotatable bonds is 5. The van der Waals surface area contributed by atoms with Gasteiger partial charge in [0.2, 0.25) is 0 Å². The molecule has 174 valence electrons. The standard InChI is InChI=1S/C25H30N4O4/c1-25(2,3)17-9-10-18-16(14-17)8-11-21(18)28-23(30)27-20-6-5-7-22-19(20)15-26-29(22)24(31)33-13-12-32-4/h5-7,9-10,14-15,21H,8,11-13H2,1-4H3,(H2,27,28,30)/t21-/m1/s1. The molecule has 1 aliphatic rings. The lowest BCUT2D eigenvalue weighted by molar-refractivity contribution is 0.0982. The summed E-state index contributed by atoms with van der Waals surface area (Å²) in [7, 11) is 1.54. The van der Waals surface area contributed by atoms with Gasteiger partial charge in [0.05, 0.1) is 30.0 Å². The van der Waals surface area contributed by atoms with Crippen LogP contribution in [-0.2, 0) is 21.3 Å². The monoisotopic (exact) mass is 450 g/mol. The highest BCUT2D eigenvalue weighted by atomic mass is 16.6. The van der Waals surface area contributed by atoms with E-state index >= 15 is 0 Å². The van der Waals surface area contributed by atoms with E-state index in [1.807, 2.05) is 0 Å². The van der Waals surface area contributed by atoms with Crippen molar-refractivity contribution < 1.29 is 19.1 Å². The van der Waals surface area contributed by atoms with Crippen LogP contribution in [0.3, 0.4) is 0 Å². The first-order chi connectivity index (χ1) is 15.8. The summed E-state index contributed by atoms with van der Waals surface area (Å²) in [6.07, 6.45) is 2.76. The molecule has 1 heterocycles. The van der Waals surface area contributed by atoms with Gasteiger partial charge in [0.1, 0.15) is 6.61 Å². The minimum Gasteiger partial charge on any atom is -0.445 e. The fourth-order valence-corrected chi connectivity index (χ4v) is 4.13. The summed E-state index contributed by atoms with van der Waals surface area (Å²) < 4.78 is 11.2. The van der Waals surface area contributed by atoms with E-state index in [1.165, 1.54) is 28.5 Å². The topological polar surface area (TPSA) is 94.5 Å². The summed E-state index contributed by atoms with van der Waals surface area (Å²) in [5.41, 5.74) is 4.98. The molecule has 0 unspecified atom stereocenters. The Kier molecular flexibility index (Phi) is 6.37. The number of hydrogen-bond acceptors (Lipinski definition) is 5. The molecule has 0 fully saturated rings. The van der Waals surface area contributed by atoms with Crippen molar-refractivity contribution in [1.82, 2.24) is 15.1 Å².